The van der Waals surface area contributed by atoms with E-state index in [2.05, 4.69) is 66.8 Å². The molecule has 0 aliphatic carbocycles. The topological polar surface area (TPSA) is 12.0 Å². The second-order valence-corrected chi connectivity index (χ2v) is 6.07. The predicted octanol–water partition coefficient (Wildman–Crippen LogP) is 6.38. The molecule has 3 aromatic carbocycles. The summed E-state index contributed by atoms with van der Waals surface area (Å²) in [7, 11) is 0. The van der Waals surface area contributed by atoms with Gasteiger partial charge in [-0.1, -0.05) is 69.0 Å². The summed E-state index contributed by atoms with van der Waals surface area (Å²) in [6.45, 7) is 3.33. The Morgan fingerprint density at radius 2 is 1.45 bits per heavy atom. The Kier molecular flexibility index (Phi) is 4.95. The van der Waals surface area contributed by atoms with Gasteiger partial charge in [0.05, 0.1) is 0 Å². The molecule has 0 fully saturated rings. The molecule has 3 rings (SSSR count). The van der Waals surface area contributed by atoms with Crippen molar-refractivity contribution in [1.29, 1.82) is 0 Å². The smallest absolute Gasteiger partial charge is 0.0420 e. The van der Waals surface area contributed by atoms with Gasteiger partial charge in [-0.2, -0.15) is 0 Å². The molecular weight excluding hydrogens is 266 g/mol. The lowest BCUT2D eigenvalue weighted by Crippen LogP contribution is -2.01. The van der Waals surface area contributed by atoms with Crippen molar-refractivity contribution in [3.8, 4) is 0 Å². The first-order chi connectivity index (χ1) is 10.9. The summed E-state index contributed by atoms with van der Waals surface area (Å²) < 4.78 is 0. The highest BCUT2D eigenvalue weighted by atomic mass is 14.9. The lowest BCUT2D eigenvalue weighted by Gasteiger charge is -2.11. The van der Waals surface area contributed by atoms with E-state index in [0.717, 1.165) is 6.54 Å². The van der Waals surface area contributed by atoms with Crippen molar-refractivity contribution in [2.24, 2.45) is 0 Å². The number of hydrogen-bond acceptors (Lipinski definition) is 1. The average Bonchev–Trinajstić information content (AvgIpc) is 2.56. The van der Waals surface area contributed by atoms with Crippen LogP contribution in [-0.2, 0) is 0 Å². The number of unbranched alkanes of at least 4 members (excludes halogenated alkanes) is 4. The van der Waals surface area contributed by atoms with Crippen LogP contribution in [0.3, 0.4) is 0 Å². The molecule has 0 aromatic heterocycles. The van der Waals surface area contributed by atoms with Crippen LogP contribution in [0, 0.1) is 0 Å². The first kappa shape index (κ1) is 14.9. The highest BCUT2D eigenvalue weighted by Crippen LogP contribution is 2.28. The van der Waals surface area contributed by atoms with E-state index in [1.807, 2.05) is 0 Å². The highest BCUT2D eigenvalue weighted by molar-refractivity contribution is 6.03. The van der Waals surface area contributed by atoms with Gasteiger partial charge in [-0.15, -0.1) is 0 Å². The predicted molar refractivity (Wildman–Crippen MR) is 98.7 cm³/mol. The Morgan fingerprint density at radius 1 is 0.727 bits per heavy atom. The molecule has 0 aliphatic heterocycles. The third-order valence-electron chi connectivity index (χ3n) is 4.34. The molecule has 22 heavy (non-hydrogen) atoms. The van der Waals surface area contributed by atoms with Gasteiger partial charge in [-0.3, -0.25) is 0 Å². The maximum absolute atomic E-state index is 3.63. The monoisotopic (exact) mass is 291 g/mol. The van der Waals surface area contributed by atoms with Crippen LogP contribution in [0.2, 0.25) is 0 Å². The Balaban J connectivity index is 1.76. The number of benzene rings is 3. The molecule has 1 nitrogen and oxygen atoms in total. The van der Waals surface area contributed by atoms with E-state index in [1.165, 1.54) is 59.3 Å². The van der Waals surface area contributed by atoms with Gasteiger partial charge >= 0.3 is 0 Å². The van der Waals surface area contributed by atoms with Crippen molar-refractivity contribution >= 4 is 27.2 Å². The van der Waals surface area contributed by atoms with Crippen molar-refractivity contribution in [1.82, 2.24) is 0 Å². The van der Waals surface area contributed by atoms with E-state index in [4.69, 9.17) is 0 Å². The van der Waals surface area contributed by atoms with Crippen molar-refractivity contribution in [3.63, 3.8) is 0 Å². The van der Waals surface area contributed by atoms with Crippen molar-refractivity contribution in [2.75, 3.05) is 11.9 Å². The van der Waals surface area contributed by atoms with Gasteiger partial charge in [0.2, 0.25) is 0 Å². The number of hydrogen-bond donors (Lipinski definition) is 1. The molecular formula is C21H25N. The largest absolute Gasteiger partial charge is 0.385 e. The molecule has 0 saturated heterocycles. The number of nitrogens with one attached hydrogen (secondary N) is 1. The minimum Gasteiger partial charge on any atom is -0.385 e. The fourth-order valence-electron chi connectivity index (χ4n) is 3.07. The van der Waals surface area contributed by atoms with Gasteiger partial charge in [0.15, 0.2) is 0 Å². The van der Waals surface area contributed by atoms with Gasteiger partial charge in [0, 0.05) is 17.6 Å². The first-order valence-corrected chi connectivity index (χ1v) is 8.54. The van der Waals surface area contributed by atoms with Crippen LogP contribution in [0.1, 0.15) is 39.0 Å². The SMILES string of the molecule is CCCCCCCNc1cccc2cc3ccccc3cc12. The Bertz CT molecular complexity index is 745. The quantitative estimate of drug-likeness (QED) is 0.393. The molecule has 0 amide bonds. The standard InChI is InChI=1S/C21H25N/c1-2-3-4-5-8-14-22-21-13-9-12-19-15-17-10-6-7-11-18(17)16-20(19)21/h6-7,9-13,15-16,22H,2-5,8,14H2,1H3. The molecule has 3 aromatic rings. The average molecular weight is 291 g/mol. The molecule has 0 radical (unpaired) electrons. The molecule has 0 spiro atoms. The van der Waals surface area contributed by atoms with Crippen LogP contribution >= 0.6 is 0 Å². The van der Waals surface area contributed by atoms with E-state index in [1.54, 1.807) is 0 Å². The molecule has 1 N–H and O–H groups in total. The second-order valence-electron chi connectivity index (χ2n) is 6.07. The van der Waals surface area contributed by atoms with E-state index in [0.29, 0.717) is 0 Å². The maximum Gasteiger partial charge on any atom is 0.0420 e. The van der Waals surface area contributed by atoms with E-state index in [9.17, 15) is 0 Å². The zero-order valence-electron chi connectivity index (χ0n) is 13.4. The third kappa shape index (κ3) is 3.41. The summed E-state index contributed by atoms with van der Waals surface area (Å²) in [5.41, 5.74) is 1.26. The molecule has 0 heterocycles. The third-order valence-corrected chi connectivity index (χ3v) is 4.34. The van der Waals surface area contributed by atoms with E-state index in [-0.39, 0.29) is 0 Å². The van der Waals surface area contributed by atoms with Gasteiger partial charge in [0.25, 0.3) is 0 Å². The van der Waals surface area contributed by atoms with Crippen molar-refractivity contribution < 1.29 is 0 Å². The lowest BCUT2D eigenvalue weighted by molar-refractivity contribution is 0.645. The molecule has 0 unspecified atom stereocenters. The van der Waals surface area contributed by atoms with Crippen LogP contribution in [0.4, 0.5) is 5.69 Å². The summed E-state index contributed by atoms with van der Waals surface area (Å²) in [5.74, 6) is 0. The van der Waals surface area contributed by atoms with Crippen LogP contribution in [0.25, 0.3) is 21.5 Å². The Labute approximate surface area is 133 Å². The summed E-state index contributed by atoms with van der Waals surface area (Å²) >= 11 is 0. The molecule has 1 heteroatoms. The van der Waals surface area contributed by atoms with Gasteiger partial charge in [-0.05, 0) is 40.8 Å². The Hall–Kier alpha value is -2.02. The van der Waals surface area contributed by atoms with Crippen molar-refractivity contribution in [2.45, 2.75) is 39.0 Å². The summed E-state index contributed by atoms with van der Waals surface area (Å²) in [5, 5.41) is 8.90. The first-order valence-electron chi connectivity index (χ1n) is 8.54. The van der Waals surface area contributed by atoms with Gasteiger partial charge in [0.1, 0.15) is 0 Å². The second kappa shape index (κ2) is 7.31. The number of anilines is 1. The highest BCUT2D eigenvalue weighted by Gasteiger charge is 2.02. The zero-order chi connectivity index (χ0) is 15.2. The molecule has 0 bridgehead atoms. The fraction of sp³-hybridized carbons (Fsp3) is 0.333. The minimum absolute atomic E-state index is 1.07. The summed E-state index contributed by atoms with van der Waals surface area (Å²) in [4.78, 5) is 0. The van der Waals surface area contributed by atoms with Crippen LogP contribution in [0.5, 0.6) is 0 Å². The Morgan fingerprint density at radius 3 is 2.27 bits per heavy atom. The zero-order valence-corrected chi connectivity index (χ0v) is 13.4. The normalized spacial score (nSPS) is 11.1. The van der Waals surface area contributed by atoms with E-state index >= 15 is 0 Å². The molecule has 0 aliphatic rings. The molecule has 114 valence electrons. The minimum atomic E-state index is 1.07. The summed E-state index contributed by atoms with van der Waals surface area (Å²) in [6, 6.07) is 19.7. The van der Waals surface area contributed by atoms with Gasteiger partial charge < -0.3 is 5.32 Å². The number of fused-ring (bicyclic) bond motifs is 2. The number of rotatable bonds is 7. The van der Waals surface area contributed by atoms with Crippen molar-refractivity contribution in [3.05, 3.63) is 54.6 Å². The summed E-state index contributed by atoms with van der Waals surface area (Å²) in [6.07, 6.45) is 6.61. The maximum atomic E-state index is 3.63. The molecule has 0 saturated carbocycles. The van der Waals surface area contributed by atoms with Gasteiger partial charge in [-0.25, -0.2) is 0 Å². The molecule has 0 atom stereocenters. The lowest BCUT2D eigenvalue weighted by atomic mass is 10.0. The fourth-order valence-corrected chi connectivity index (χ4v) is 3.07. The van der Waals surface area contributed by atoms with Crippen LogP contribution in [0.15, 0.2) is 54.6 Å². The van der Waals surface area contributed by atoms with Crippen LogP contribution in [-0.4, -0.2) is 6.54 Å². The van der Waals surface area contributed by atoms with E-state index < -0.39 is 0 Å². The van der Waals surface area contributed by atoms with Crippen LogP contribution < -0.4 is 5.32 Å².